The molecule has 1 unspecified atom stereocenters. The van der Waals surface area contributed by atoms with Crippen LogP contribution in [0.15, 0.2) is 97.1 Å². The molecule has 1 fully saturated rings. The third kappa shape index (κ3) is 5.24. The van der Waals surface area contributed by atoms with Gasteiger partial charge in [0.25, 0.3) is 0 Å². The van der Waals surface area contributed by atoms with Gasteiger partial charge in [0.15, 0.2) is 0 Å². The zero-order valence-electron chi connectivity index (χ0n) is 18.6. The molecule has 1 atom stereocenters. The SMILES string of the molecule is O=C(Nc1ccc(Oc2ccccc2)cc1)C1CCCN(Cc2cccc3ccccc23)C1. The molecule has 1 aliphatic heterocycles. The van der Waals surface area contributed by atoms with E-state index < -0.39 is 0 Å². The van der Waals surface area contributed by atoms with Gasteiger partial charge in [-0.3, -0.25) is 9.69 Å². The van der Waals surface area contributed by atoms with Crippen LogP contribution in [0.5, 0.6) is 11.5 Å². The van der Waals surface area contributed by atoms with Crippen LogP contribution in [-0.4, -0.2) is 23.9 Å². The summed E-state index contributed by atoms with van der Waals surface area (Å²) in [6, 6.07) is 32.2. The molecule has 0 aromatic heterocycles. The Morgan fingerprint density at radius 3 is 2.42 bits per heavy atom. The summed E-state index contributed by atoms with van der Waals surface area (Å²) in [7, 11) is 0. The number of likely N-dealkylation sites (tertiary alicyclic amines) is 1. The fraction of sp³-hybridized carbons (Fsp3) is 0.207. The average Bonchev–Trinajstić information content (AvgIpc) is 2.86. The van der Waals surface area contributed by atoms with Gasteiger partial charge in [-0.1, -0.05) is 60.7 Å². The van der Waals surface area contributed by atoms with E-state index >= 15 is 0 Å². The second-order valence-corrected chi connectivity index (χ2v) is 8.64. The van der Waals surface area contributed by atoms with Crippen LogP contribution < -0.4 is 10.1 Å². The van der Waals surface area contributed by atoms with Crippen LogP contribution in [0, 0.1) is 5.92 Å². The highest BCUT2D eigenvalue weighted by Crippen LogP contribution is 2.26. The molecular weight excluding hydrogens is 408 g/mol. The van der Waals surface area contributed by atoms with E-state index in [1.807, 2.05) is 54.6 Å². The molecule has 33 heavy (non-hydrogen) atoms. The summed E-state index contributed by atoms with van der Waals surface area (Å²) >= 11 is 0. The Hall–Kier alpha value is -3.63. The lowest BCUT2D eigenvalue weighted by Crippen LogP contribution is -2.40. The lowest BCUT2D eigenvalue weighted by atomic mass is 9.96. The predicted octanol–water partition coefficient (Wildman–Crippen LogP) is 6.48. The zero-order valence-corrected chi connectivity index (χ0v) is 18.6. The standard InChI is InChI=1S/C29H28N2O2/c32-29(30-25-15-17-27(18-16-25)33-26-12-2-1-3-13-26)24-11-7-19-31(21-24)20-23-10-6-9-22-8-4-5-14-28(22)23/h1-6,8-10,12-18,24H,7,11,19-21H2,(H,30,32). The maximum Gasteiger partial charge on any atom is 0.228 e. The number of hydrogen-bond donors (Lipinski definition) is 1. The van der Waals surface area contributed by atoms with Crippen LogP contribution in [0.1, 0.15) is 18.4 Å². The second-order valence-electron chi connectivity index (χ2n) is 8.64. The van der Waals surface area contributed by atoms with Crippen LogP contribution >= 0.6 is 0 Å². The van der Waals surface area contributed by atoms with E-state index in [1.165, 1.54) is 16.3 Å². The van der Waals surface area contributed by atoms with Crippen LogP contribution in [0.3, 0.4) is 0 Å². The smallest absolute Gasteiger partial charge is 0.228 e. The van der Waals surface area contributed by atoms with Crippen LogP contribution in [0.2, 0.25) is 0 Å². The van der Waals surface area contributed by atoms with Gasteiger partial charge in [-0.25, -0.2) is 0 Å². The molecule has 1 aliphatic rings. The molecule has 4 heteroatoms. The largest absolute Gasteiger partial charge is 0.457 e. The van der Waals surface area contributed by atoms with Gasteiger partial charge in [0.1, 0.15) is 11.5 Å². The van der Waals surface area contributed by atoms with Crippen molar-refractivity contribution in [3.8, 4) is 11.5 Å². The molecule has 5 rings (SSSR count). The molecular formula is C29H28N2O2. The topological polar surface area (TPSA) is 41.6 Å². The number of nitrogens with zero attached hydrogens (tertiary/aromatic N) is 1. The number of anilines is 1. The number of para-hydroxylation sites is 1. The number of carbonyl (C=O) groups is 1. The number of carbonyl (C=O) groups excluding carboxylic acids is 1. The van der Waals surface area contributed by atoms with E-state index in [4.69, 9.17) is 4.74 Å². The maximum absolute atomic E-state index is 13.0. The summed E-state index contributed by atoms with van der Waals surface area (Å²) in [5.41, 5.74) is 2.12. The van der Waals surface area contributed by atoms with Gasteiger partial charge >= 0.3 is 0 Å². The summed E-state index contributed by atoms with van der Waals surface area (Å²) < 4.78 is 5.84. The third-order valence-electron chi connectivity index (χ3n) is 6.25. The quantitative estimate of drug-likeness (QED) is 0.376. The van der Waals surface area contributed by atoms with Gasteiger partial charge in [0.05, 0.1) is 5.92 Å². The first-order valence-corrected chi connectivity index (χ1v) is 11.6. The van der Waals surface area contributed by atoms with Gasteiger partial charge in [-0.2, -0.15) is 0 Å². The first kappa shape index (κ1) is 21.2. The minimum Gasteiger partial charge on any atom is -0.457 e. The molecule has 1 saturated heterocycles. The van der Waals surface area contributed by atoms with Crippen molar-refractivity contribution in [3.63, 3.8) is 0 Å². The molecule has 0 radical (unpaired) electrons. The minimum atomic E-state index is -0.00558. The lowest BCUT2D eigenvalue weighted by molar-refractivity contribution is -0.121. The molecule has 0 spiro atoms. The maximum atomic E-state index is 13.0. The molecule has 1 N–H and O–H groups in total. The van der Waals surface area contributed by atoms with E-state index in [2.05, 4.69) is 52.7 Å². The molecule has 0 bridgehead atoms. The van der Waals surface area contributed by atoms with Crippen molar-refractivity contribution >= 4 is 22.4 Å². The first-order valence-electron chi connectivity index (χ1n) is 11.6. The number of hydrogen-bond acceptors (Lipinski definition) is 3. The van der Waals surface area contributed by atoms with Gasteiger partial charge < -0.3 is 10.1 Å². The van der Waals surface area contributed by atoms with E-state index in [0.29, 0.717) is 0 Å². The molecule has 0 saturated carbocycles. The highest BCUT2D eigenvalue weighted by Gasteiger charge is 2.26. The van der Waals surface area contributed by atoms with Crippen LogP contribution in [0.25, 0.3) is 10.8 Å². The van der Waals surface area contributed by atoms with E-state index in [1.54, 1.807) is 0 Å². The Morgan fingerprint density at radius 1 is 0.848 bits per heavy atom. The van der Waals surface area contributed by atoms with Crippen molar-refractivity contribution in [2.75, 3.05) is 18.4 Å². The zero-order chi connectivity index (χ0) is 22.5. The average molecular weight is 437 g/mol. The van der Waals surface area contributed by atoms with Gasteiger partial charge in [0.2, 0.25) is 5.91 Å². The molecule has 4 aromatic rings. The van der Waals surface area contributed by atoms with Crippen molar-refractivity contribution in [2.24, 2.45) is 5.92 Å². The summed E-state index contributed by atoms with van der Waals surface area (Å²) in [5.74, 6) is 1.63. The van der Waals surface area contributed by atoms with Crippen molar-refractivity contribution in [3.05, 3.63) is 103 Å². The fourth-order valence-corrected chi connectivity index (χ4v) is 4.56. The van der Waals surface area contributed by atoms with Crippen molar-refractivity contribution in [1.29, 1.82) is 0 Å². The summed E-state index contributed by atoms with van der Waals surface area (Å²) in [6.07, 6.45) is 1.96. The summed E-state index contributed by atoms with van der Waals surface area (Å²) in [4.78, 5) is 15.4. The number of rotatable bonds is 6. The number of benzene rings is 4. The van der Waals surface area contributed by atoms with Crippen molar-refractivity contribution < 1.29 is 9.53 Å². The summed E-state index contributed by atoms with van der Waals surface area (Å²) in [6.45, 7) is 2.68. The number of amides is 1. The van der Waals surface area contributed by atoms with Gasteiger partial charge in [-0.05, 0) is 72.1 Å². The van der Waals surface area contributed by atoms with E-state index in [0.717, 1.165) is 49.7 Å². The number of fused-ring (bicyclic) bond motifs is 1. The Morgan fingerprint density at radius 2 is 1.58 bits per heavy atom. The number of ether oxygens (including phenoxy) is 1. The Kier molecular flexibility index (Phi) is 6.36. The van der Waals surface area contributed by atoms with E-state index in [9.17, 15) is 4.79 Å². The molecule has 4 nitrogen and oxygen atoms in total. The van der Waals surface area contributed by atoms with E-state index in [-0.39, 0.29) is 11.8 Å². The van der Waals surface area contributed by atoms with Gasteiger partial charge in [0, 0.05) is 18.8 Å². The Balaban J connectivity index is 1.19. The summed E-state index contributed by atoms with van der Waals surface area (Å²) in [5, 5.41) is 5.66. The molecule has 0 aliphatic carbocycles. The Bertz CT molecular complexity index is 1220. The first-order chi connectivity index (χ1) is 16.2. The van der Waals surface area contributed by atoms with Crippen LogP contribution in [0.4, 0.5) is 5.69 Å². The van der Waals surface area contributed by atoms with Gasteiger partial charge in [-0.15, -0.1) is 0 Å². The molecule has 1 amide bonds. The number of piperidine rings is 1. The molecule has 166 valence electrons. The third-order valence-corrected chi connectivity index (χ3v) is 6.25. The van der Waals surface area contributed by atoms with Crippen LogP contribution in [-0.2, 0) is 11.3 Å². The van der Waals surface area contributed by atoms with Crippen molar-refractivity contribution in [1.82, 2.24) is 4.90 Å². The molecule has 4 aromatic carbocycles. The fourth-order valence-electron chi connectivity index (χ4n) is 4.56. The second kappa shape index (κ2) is 9.88. The van der Waals surface area contributed by atoms with Crippen molar-refractivity contribution in [2.45, 2.75) is 19.4 Å². The highest BCUT2D eigenvalue weighted by molar-refractivity contribution is 5.92. The highest BCUT2D eigenvalue weighted by atomic mass is 16.5. The number of nitrogens with one attached hydrogen (secondary N) is 1. The monoisotopic (exact) mass is 436 g/mol. The minimum absolute atomic E-state index is 0.00558. The Labute approximate surface area is 194 Å². The molecule has 1 heterocycles. The normalized spacial score (nSPS) is 16.4. The lowest BCUT2D eigenvalue weighted by Gasteiger charge is -2.32. The predicted molar refractivity (Wildman–Crippen MR) is 134 cm³/mol.